The molecule has 0 amide bonds. The van der Waals surface area contributed by atoms with Gasteiger partial charge in [0.15, 0.2) is 0 Å². The van der Waals surface area contributed by atoms with Crippen LogP contribution in [0.25, 0.3) is 22.5 Å². The number of rotatable bonds is 4. The molecule has 0 radical (unpaired) electrons. The second kappa shape index (κ2) is 6.81. The second-order valence-electron chi connectivity index (χ2n) is 6.41. The molecule has 4 heteroatoms. The van der Waals surface area contributed by atoms with E-state index in [0.717, 1.165) is 42.9 Å². The number of aromatic nitrogens is 3. The van der Waals surface area contributed by atoms with Crippen LogP contribution in [-0.4, -0.2) is 21.6 Å². The molecule has 1 aromatic heterocycles. The van der Waals surface area contributed by atoms with Gasteiger partial charge in [-0.2, -0.15) is 0 Å². The molecule has 1 aliphatic carbocycles. The summed E-state index contributed by atoms with van der Waals surface area (Å²) in [7, 11) is 0. The van der Waals surface area contributed by atoms with Crippen LogP contribution in [0.15, 0.2) is 48.5 Å². The first-order valence-corrected chi connectivity index (χ1v) is 9.06. The molecule has 4 nitrogen and oxygen atoms in total. The van der Waals surface area contributed by atoms with E-state index in [9.17, 15) is 0 Å². The lowest BCUT2D eigenvalue weighted by atomic mass is 9.87. The van der Waals surface area contributed by atoms with Gasteiger partial charge in [-0.15, -0.1) is 5.10 Å². The van der Waals surface area contributed by atoms with Crippen molar-refractivity contribution in [3.8, 4) is 22.5 Å². The highest BCUT2D eigenvalue weighted by Crippen LogP contribution is 2.41. The van der Waals surface area contributed by atoms with Crippen LogP contribution in [0.5, 0.6) is 0 Å². The van der Waals surface area contributed by atoms with Crippen LogP contribution >= 0.6 is 0 Å². The van der Waals surface area contributed by atoms with E-state index in [2.05, 4.69) is 72.7 Å². The van der Waals surface area contributed by atoms with Crippen molar-refractivity contribution in [2.45, 2.75) is 39.3 Å². The van der Waals surface area contributed by atoms with Crippen LogP contribution in [-0.2, 0) is 17.7 Å². The Kier molecular flexibility index (Phi) is 4.36. The minimum atomic E-state index is 0.0391. The Morgan fingerprint density at radius 2 is 1.80 bits per heavy atom. The van der Waals surface area contributed by atoms with Gasteiger partial charge in [-0.3, -0.25) is 0 Å². The normalized spacial score (nSPS) is 15.7. The van der Waals surface area contributed by atoms with E-state index < -0.39 is 0 Å². The minimum Gasteiger partial charge on any atom is -0.373 e. The summed E-state index contributed by atoms with van der Waals surface area (Å²) in [6.07, 6.45) is 1.91. The van der Waals surface area contributed by atoms with Crippen LogP contribution in [0.2, 0.25) is 0 Å². The van der Waals surface area contributed by atoms with Gasteiger partial charge in [0.25, 0.3) is 0 Å². The summed E-state index contributed by atoms with van der Waals surface area (Å²) >= 11 is 0. The van der Waals surface area contributed by atoms with Gasteiger partial charge >= 0.3 is 0 Å². The third kappa shape index (κ3) is 2.76. The Hall–Kier alpha value is -2.46. The van der Waals surface area contributed by atoms with Crippen LogP contribution in [0.3, 0.4) is 0 Å². The average Bonchev–Trinajstić information content (AvgIpc) is 3.07. The van der Waals surface area contributed by atoms with Gasteiger partial charge in [0.2, 0.25) is 0 Å². The maximum Gasteiger partial charge on any atom is 0.121 e. The van der Waals surface area contributed by atoms with Crippen molar-refractivity contribution in [3.63, 3.8) is 0 Å². The Balaban J connectivity index is 1.98. The Bertz CT molecular complexity index is 884. The molecule has 2 aromatic carbocycles. The Morgan fingerprint density at radius 1 is 1.04 bits per heavy atom. The van der Waals surface area contributed by atoms with E-state index in [-0.39, 0.29) is 6.10 Å². The van der Waals surface area contributed by atoms with Gasteiger partial charge in [0, 0.05) is 30.7 Å². The number of aryl methyl sites for hydroxylation is 1. The summed E-state index contributed by atoms with van der Waals surface area (Å²) in [6.45, 7) is 5.81. The van der Waals surface area contributed by atoms with Crippen molar-refractivity contribution in [1.29, 1.82) is 0 Å². The third-order valence-electron chi connectivity index (χ3n) is 4.80. The first kappa shape index (κ1) is 16.0. The predicted octanol–water partition coefficient (Wildman–Crippen LogP) is 4.66. The van der Waals surface area contributed by atoms with Crippen LogP contribution in [0.1, 0.15) is 37.5 Å². The number of hydrogen-bond donors (Lipinski definition) is 0. The summed E-state index contributed by atoms with van der Waals surface area (Å²) in [6, 6.07) is 17.0. The van der Waals surface area contributed by atoms with Crippen molar-refractivity contribution in [2.24, 2.45) is 0 Å². The topological polar surface area (TPSA) is 39.9 Å². The number of nitrogens with zero attached hydrogens (tertiary/aromatic N) is 3. The van der Waals surface area contributed by atoms with Gasteiger partial charge in [0.1, 0.15) is 5.69 Å². The summed E-state index contributed by atoms with van der Waals surface area (Å²) in [5, 5.41) is 8.95. The highest BCUT2D eigenvalue weighted by atomic mass is 16.5. The molecule has 0 aliphatic heterocycles. The van der Waals surface area contributed by atoms with Crippen molar-refractivity contribution in [1.82, 2.24) is 15.0 Å². The van der Waals surface area contributed by atoms with Gasteiger partial charge in [-0.25, -0.2) is 4.68 Å². The first-order chi connectivity index (χ1) is 12.3. The molecule has 128 valence electrons. The molecule has 25 heavy (non-hydrogen) atoms. The SMILES string of the molecule is CCCOC1Cc2ccccc2-c2c(nnn2CC)-c2ccccc21. The molecule has 0 spiro atoms. The molecular weight excluding hydrogens is 310 g/mol. The zero-order chi connectivity index (χ0) is 17.2. The van der Waals surface area contributed by atoms with E-state index in [1.807, 2.05) is 4.68 Å². The van der Waals surface area contributed by atoms with Crippen molar-refractivity contribution < 1.29 is 4.74 Å². The third-order valence-corrected chi connectivity index (χ3v) is 4.80. The lowest BCUT2D eigenvalue weighted by Crippen LogP contribution is -2.13. The monoisotopic (exact) mass is 333 g/mol. The molecule has 0 bridgehead atoms. The first-order valence-electron chi connectivity index (χ1n) is 9.06. The van der Waals surface area contributed by atoms with Gasteiger partial charge in [-0.1, -0.05) is 60.7 Å². The molecule has 0 fully saturated rings. The van der Waals surface area contributed by atoms with E-state index in [0.29, 0.717) is 0 Å². The highest BCUT2D eigenvalue weighted by Gasteiger charge is 2.27. The molecule has 1 unspecified atom stereocenters. The molecule has 1 atom stereocenters. The van der Waals surface area contributed by atoms with Gasteiger partial charge in [-0.05, 0) is 24.5 Å². The van der Waals surface area contributed by atoms with Crippen molar-refractivity contribution >= 4 is 0 Å². The maximum absolute atomic E-state index is 6.24. The van der Waals surface area contributed by atoms with Crippen LogP contribution in [0, 0.1) is 0 Å². The number of fused-ring (bicyclic) bond motifs is 5. The summed E-state index contributed by atoms with van der Waals surface area (Å²) in [5.74, 6) is 0. The highest BCUT2D eigenvalue weighted by molar-refractivity contribution is 5.82. The molecule has 0 saturated heterocycles. The zero-order valence-corrected chi connectivity index (χ0v) is 14.8. The van der Waals surface area contributed by atoms with Gasteiger partial charge < -0.3 is 4.74 Å². The fourth-order valence-corrected chi connectivity index (χ4v) is 3.62. The van der Waals surface area contributed by atoms with E-state index >= 15 is 0 Å². The molecule has 4 rings (SSSR count). The van der Waals surface area contributed by atoms with E-state index in [1.54, 1.807) is 0 Å². The molecule has 0 saturated carbocycles. The number of benzene rings is 2. The average molecular weight is 333 g/mol. The van der Waals surface area contributed by atoms with Crippen LogP contribution < -0.4 is 0 Å². The fourth-order valence-electron chi connectivity index (χ4n) is 3.62. The molecule has 0 N–H and O–H groups in total. The largest absolute Gasteiger partial charge is 0.373 e. The van der Waals surface area contributed by atoms with Crippen molar-refractivity contribution in [2.75, 3.05) is 6.61 Å². The zero-order valence-electron chi connectivity index (χ0n) is 14.8. The summed E-state index contributed by atoms with van der Waals surface area (Å²) in [4.78, 5) is 0. The Labute approximate surface area is 148 Å². The number of hydrogen-bond acceptors (Lipinski definition) is 3. The van der Waals surface area contributed by atoms with Crippen molar-refractivity contribution in [3.05, 3.63) is 59.7 Å². The second-order valence-corrected chi connectivity index (χ2v) is 6.41. The van der Waals surface area contributed by atoms with E-state index in [4.69, 9.17) is 4.74 Å². The lowest BCUT2D eigenvalue weighted by molar-refractivity contribution is 0.0536. The predicted molar refractivity (Wildman–Crippen MR) is 99.3 cm³/mol. The van der Waals surface area contributed by atoms with E-state index in [1.165, 1.54) is 16.7 Å². The summed E-state index contributed by atoms with van der Waals surface area (Å²) in [5.41, 5.74) is 6.90. The standard InChI is InChI=1S/C21H23N3O/c1-3-13-25-19-14-15-9-5-6-10-16(15)21-20(22-23-24(21)4-2)18-12-8-7-11-17(18)19/h5-12,19H,3-4,13-14H2,1-2H3. The lowest BCUT2D eigenvalue weighted by Gasteiger charge is -2.25. The van der Waals surface area contributed by atoms with Crippen LogP contribution in [0.4, 0.5) is 0 Å². The van der Waals surface area contributed by atoms with Gasteiger partial charge in [0.05, 0.1) is 11.8 Å². The fraction of sp³-hybridized carbons (Fsp3) is 0.333. The molecule has 1 heterocycles. The molecular formula is C21H23N3O. The quantitative estimate of drug-likeness (QED) is 0.697. The Morgan fingerprint density at radius 3 is 2.60 bits per heavy atom. The summed E-state index contributed by atoms with van der Waals surface area (Å²) < 4.78 is 8.24. The number of ether oxygens (including phenoxy) is 1. The maximum atomic E-state index is 6.24. The molecule has 1 aliphatic rings. The smallest absolute Gasteiger partial charge is 0.121 e. The molecule has 3 aromatic rings. The minimum absolute atomic E-state index is 0.0391.